The number of carbonyl (C=O) groups excluding carboxylic acids is 2. The Balaban J connectivity index is 1.67. The number of alkyl halides is 2. The number of carbonyl (C=O) groups is 2. The smallest absolute Gasteiger partial charge is 0.387 e. The van der Waals surface area contributed by atoms with E-state index in [-0.39, 0.29) is 18.1 Å². The zero-order valence-corrected chi connectivity index (χ0v) is 19.7. The number of benzene rings is 2. The van der Waals surface area contributed by atoms with Crippen molar-refractivity contribution in [2.75, 3.05) is 6.61 Å². The number of esters is 1. The molecule has 0 saturated carbocycles. The van der Waals surface area contributed by atoms with Crippen molar-refractivity contribution in [3.63, 3.8) is 0 Å². The molecule has 0 aliphatic carbocycles. The highest BCUT2D eigenvalue weighted by Gasteiger charge is 2.24. The van der Waals surface area contributed by atoms with Gasteiger partial charge in [-0.05, 0) is 88.2 Å². The van der Waals surface area contributed by atoms with Crippen LogP contribution < -0.4 is 9.47 Å². The lowest BCUT2D eigenvalue weighted by Gasteiger charge is -2.14. The van der Waals surface area contributed by atoms with Crippen molar-refractivity contribution in [3.05, 3.63) is 76.6 Å². The summed E-state index contributed by atoms with van der Waals surface area (Å²) in [6.07, 6.45) is -1.01. The molecule has 0 amide bonds. The van der Waals surface area contributed by atoms with E-state index < -0.39 is 18.7 Å². The maximum atomic E-state index is 13.0. The first kappa shape index (κ1) is 25.0. The Kier molecular flexibility index (Phi) is 7.71. The van der Waals surface area contributed by atoms with Gasteiger partial charge in [0, 0.05) is 22.6 Å². The Morgan fingerprint density at radius 1 is 0.912 bits per heavy atom. The van der Waals surface area contributed by atoms with E-state index in [9.17, 15) is 18.4 Å². The molecule has 0 radical (unpaired) electrons. The number of ether oxygens (including phenoxy) is 3. The van der Waals surface area contributed by atoms with E-state index in [2.05, 4.69) is 4.74 Å². The minimum Gasteiger partial charge on any atom is -0.482 e. The summed E-state index contributed by atoms with van der Waals surface area (Å²) in [4.78, 5) is 25.2. The maximum absolute atomic E-state index is 13.0. The third kappa shape index (κ3) is 5.81. The Morgan fingerprint density at radius 3 is 2.18 bits per heavy atom. The molecule has 0 N–H and O–H groups in total. The highest BCUT2D eigenvalue weighted by atomic mass is 19.3. The van der Waals surface area contributed by atoms with Crippen LogP contribution in [0.5, 0.6) is 11.5 Å². The van der Waals surface area contributed by atoms with Gasteiger partial charge in [-0.15, -0.1) is 0 Å². The number of Topliss-reactive ketones (excluding diaryl/α,β-unsaturated/α-hetero) is 1. The van der Waals surface area contributed by atoms with Gasteiger partial charge in [-0.2, -0.15) is 8.78 Å². The van der Waals surface area contributed by atoms with Crippen LogP contribution in [0.3, 0.4) is 0 Å². The number of halogens is 2. The van der Waals surface area contributed by atoms with Crippen molar-refractivity contribution < 1.29 is 32.6 Å². The van der Waals surface area contributed by atoms with E-state index >= 15 is 0 Å². The summed E-state index contributed by atoms with van der Waals surface area (Å²) < 4.78 is 41.7. The summed E-state index contributed by atoms with van der Waals surface area (Å²) in [5.74, 6) is -0.410. The fourth-order valence-corrected chi connectivity index (χ4v) is 3.64. The molecule has 0 aliphatic heterocycles. The third-order valence-electron chi connectivity index (χ3n) is 5.53. The molecular weight excluding hydrogens is 444 g/mol. The van der Waals surface area contributed by atoms with Gasteiger partial charge >= 0.3 is 12.6 Å². The van der Waals surface area contributed by atoms with Crippen molar-refractivity contribution in [1.82, 2.24) is 4.57 Å². The lowest BCUT2D eigenvalue weighted by molar-refractivity contribution is -0.148. The summed E-state index contributed by atoms with van der Waals surface area (Å²) in [6.45, 7) is 5.81. The normalized spacial score (nSPS) is 11.9. The van der Waals surface area contributed by atoms with Crippen LogP contribution in [0.4, 0.5) is 8.78 Å². The molecule has 0 aliphatic rings. The van der Waals surface area contributed by atoms with Crippen LogP contribution >= 0.6 is 0 Å². The number of rotatable bonds is 9. The lowest BCUT2D eigenvalue weighted by atomic mass is 10.1. The number of aromatic nitrogens is 1. The molecule has 180 valence electrons. The van der Waals surface area contributed by atoms with E-state index in [0.29, 0.717) is 22.7 Å². The molecule has 1 aromatic heterocycles. The van der Waals surface area contributed by atoms with Crippen LogP contribution in [0.2, 0.25) is 0 Å². The molecule has 2 aromatic carbocycles. The van der Waals surface area contributed by atoms with Crippen molar-refractivity contribution >= 4 is 11.8 Å². The molecule has 1 unspecified atom stereocenters. The Labute approximate surface area is 197 Å². The predicted molar refractivity (Wildman–Crippen MR) is 123 cm³/mol. The Bertz CT molecular complexity index is 1180. The van der Waals surface area contributed by atoms with Crippen molar-refractivity contribution in [2.45, 2.75) is 47.3 Å². The summed E-state index contributed by atoms with van der Waals surface area (Å²) >= 11 is 0. The van der Waals surface area contributed by atoms with E-state index in [1.165, 1.54) is 19.1 Å². The van der Waals surface area contributed by atoms with Crippen LogP contribution in [-0.4, -0.2) is 35.6 Å². The van der Waals surface area contributed by atoms with E-state index in [4.69, 9.17) is 9.47 Å². The van der Waals surface area contributed by atoms with Gasteiger partial charge in [0.25, 0.3) is 0 Å². The fraction of sp³-hybridized carbons (Fsp3) is 0.308. The second-order valence-corrected chi connectivity index (χ2v) is 8.02. The van der Waals surface area contributed by atoms with Crippen LogP contribution in [-0.2, 0) is 9.53 Å². The van der Waals surface area contributed by atoms with Gasteiger partial charge in [-0.25, -0.2) is 4.79 Å². The highest BCUT2D eigenvalue weighted by molar-refractivity contribution is 6.01. The van der Waals surface area contributed by atoms with Crippen LogP contribution in [0.25, 0.3) is 5.69 Å². The third-order valence-corrected chi connectivity index (χ3v) is 5.53. The first-order chi connectivity index (χ1) is 16.1. The van der Waals surface area contributed by atoms with Gasteiger partial charge in [0.05, 0.1) is 0 Å². The highest BCUT2D eigenvalue weighted by Crippen LogP contribution is 2.25. The van der Waals surface area contributed by atoms with Crippen LogP contribution in [0.1, 0.15) is 39.8 Å². The topological polar surface area (TPSA) is 66.8 Å². The summed E-state index contributed by atoms with van der Waals surface area (Å²) in [6, 6.07) is 13.3. The monoisotopic (exact) mass is 471 g/mol. The van der Waals surface area contributed by atoms with Crippen LogP contribution in [0.15, 0.2) is 48.5 Å². The molecule has 8 heteroatoms. The Morgan fingerprint density at radius 2 is 1.56 bits per heavy atom. The number of hydrogen-bond acceptors (Lipinski definition) is 5. The first-order valence-corrected chi connectivity index (χ1v) is 10.7. The van der Waals surface area contributed by atoms with Gasteiger partial charge in [0.15, 0.2) is 12.7 Å². The summed E-state index contributed by atoms with van der Waals surface area (Å²) in [5, 5.41) is 0. The Hall–Kier alpha value is -3.68. The first-order valence-electron chi connectivity index (χ1n) is 10.7. The summed E-state index contributed by atoms with van der Waals surface area (Å²) in [5.41, 5.74) is 4.65. The largest absolute Gasteiger partial charge is 0.482 e. The van der Waals surface area contributed by atoms with Gasteiger partial charge in [-0.1, -0.05) is 6.07 Å². The van der Waals surface area contributed by atoms with Gasteiger partial charge in [0.2, 0.25) is 5.78 Å². The quantitative estimate of drug-likeness (QED) is 0.304. The molecule has 0 saturated heterocycles. The van der Waals surface area contributed by atoms with Crippen molar-refractivity contribution in [3.8, 4) is 17.2 Å². The molecule has 1 heterocycles. The summed E-state index contributed by atoms with van der Waals surface area (Å²) in [7, 11) is 0. The molecule has 1 atom stereocenters. The second-order valence-electron chi connectivity index (χ2n) is 8.02. The van der Waals surface area contributed by atoms with Crippen LogP contribution in [0, 0.1) is 27.7 Å². The zero-order chi connectivity index (χ0) is 25.0. The molecule has 3 aromatic rings. The standard InChI is InChI=1S/C26H27F2NO5/c1-15-6-9-22(12-16(15)2)32-14-24(30)33-19(5)25(31)23-13-17(3)29(18(23)4)20-7-10-21(11-8-20)34-26(27)28/h6-13,19,26H,14H2,1-5H3. The van der Waals surface area contributed by atoms with Gasteiger partial charge in [0.1, 0.15) is 11.5 Å². The number of aryl methyl sites for hydroxylation is 3. The minimum absolute atomic E-state index is 0.0427. The zero-order valence-electron chi connectivity index (χ0n) is 19.7. The maximum Gasteiger partial charge on any atom is 0.387 e. The fourth-order valence-electron chi connectivity index (χ4n) is 3.64. The second kappa shape index (κ2) is 10.5. The molecule has 34 heavy (non-hydrogen) atoms. The SMILES string of the molecule is Cc1ccc(OCC(=O)OC(C)C(=O)c2cc(C)n(-c3ccc(OC(F)F)cc3)c2C)cc1C. The molecule has 0 bridgehead atoms. The lowest BCUT2D eigenvalue weighted by Crippen LogP contribution is -2.27. The minimum atomic E-state index is -2.90. The molecular formula is C26H27F2NO5. The van der Waals surface area contributed by atoms with Gasteiger partial charge < -0.3 is 18.8 Å². The van der Waals surface area contributed by atoms with Gasteiger partial charge in [-0.3, -0.25) is 4.79 Å². The number of nitrogens with zero attached hydrogens (tertiary/aromatic N) is 1. The van der Waals surface area contributed by atoms with Crippen molar-refractivity contribution in [1.29, 1.82) is 0 Å². The van der Waals surface area contributed by atoms with E-state index in [1.54, 1.807) is 31.2 Å². The molecule has 6 nitrogen and oxygen atoms in total. The predicted octanol–water partition coefficient (Wildman–Crippen LogP) is 5.51. The van der Waals surface area contributed by atoms with Crippen molar-refractivity contribution in [2.24, 2.45) is 0 Å². The average molecular weight is 472 g/mol. The average Bonchev–Trinajstić information content (AvgIpc) is 3.08. The molecule has 3 rings (SSSR count). The van der Waals surface area contributed by atoms with E-state index in [0.717, 1.165) is 16.8 Å². The molecule has 0 fully saturated rings. The van der Waals surface area contributed by atoms with E-state index in [1.807, 2.05) is 37.5 Å². The number of hydrogen-bond donors (Lipinski definition) is 0. The number of ketones is 1. The molecule has 0 spiro atoms.